The summed E-state index contributed by atoms with van der Waals surface area (Å²) < 4.78 is 22.8. The Morgan fingerprint density at radius 2 is 1.38 bits per heavy atom. The molecule has 1 atom stereocenters. The first kappa shape index (κ1) is 33.4. The molecule has 45 heavy (non-hydrogen) atoms. The molecule has 0 aliphatic heterocycles. The third-order valence-electron chi connectivity index (χ3n) is 6.71. The van der Waals surface area contributed by atoms with Crippen LogP contribution < -0.4 is 14.2 Å². The molecule has 0 bridgehead atoms. The van der Waals surface area contributed by atoms with Crippen molar-refractivity contribution in [2.75, 3.05) is 32.1 Å². The maximum atomic E-state index is 13.2. The van der Waals surface area contributed by atoms with Gasteiger partial charge in [0.15, 0.2) is 6.10 Å². The maximum Gasteiger partial charge on any atom is 0.415 e. The number of benzene rings is 4. The van der Waals surface area contributed by atoms with Gasteiger partial charge in [-0.3, -0.25) is 0 Å². The van der Waals surface area contributed by atoms with Gasteiger partial charge in [-0.15, -0.1) is 0 Å². The molecule has 4 aromatic rings. The molecule has 236 valence electrons. The maximum absolute atomic E-state index is 13.2. The highest BCUT2D eigenvalue weighted by Gasteiger charge is 2.18. The predicted octanol–water partition coefficient (Wildman–Crippen LogP) is 7.71. The highest BCUT2D eigenvalue weighted by atomic mass is 32.2. The molecule has 1 N–H and O–H groups in total. The van der Waals surface area contributed by atoms with E-state index in [0.717, 1.165) is 29.2 Å². The molecule has 0 aromatic heterocycles. The SMILES string of the molecule is CCOC(Cc1ccc(OCCN(CCCSCc2ccccc2)C(=O)Oc2ccc(Oc3ccccc3)cc2)cc1)C(=O)O. The molecule has 1 amide bonds. The van der Waals surface area contributed by atoms with Gasteiger partial charge < -0.3 is 29.0 Å². The Bertz CT molecular complexity index is 1430. The number of rotatable bonds is 18. The van der Waals surface area contributed by atoms with Gasteiger partial charge in [0.2, 0.25) is 0 Å². The van der Waals surface area contributed by atoms with E-state index in [0.29, 0.717) is 36.9 Å². The van der Waals surface area contributed by atoms with Gasteiger partial charge in [-0.2, -0.15) is 11.8 Å². The predicted molar refractivity (Wildman–Crippen MR) is 176 cm³/mol. The number of hydrogen-bond acceptors (Lipinski definition) is 7. The lowest BCUT2D eigenvalue weighted by Crippen LogP contribution is -2.37. The standard InChI is InChI=1S/C36H39NO7S/c1-2-41-34(35(38)39)26-28-14-16-30(17-15-28)42-24-23-37(22-9-25-45-27-29-10-5-3-6-11-29)36(40)44-33-20-18-32(19-21-33)43-31-12-7-4-8-13-31/h3-8,10-21,34H,2,9,22-27H2,1H3,(H,38,39). The minimum absolute atomic E-state index is 0.269. The van der Waals surface area contributed by atoms with Gasteiger partial charge in [-0.25, -0.2) is 9.59 Å². The van der Waals surface area contributed by atoms with E-state index in [1.165, 1.54) is 5.56 Å². The van der Waals surface area contributed by atoms with Gasteiger partial charge in [0.05, 0.1) is 6.54 Å². The first-order valence-electron chi connectivity index (χ1n) is 15.0. The lowest BCUT2D eigenvalue weighted by Gasteiger charge is -2.22. The van der Waals surface area contributed by atoms with Gasteiger partial charge in [0, 0.05) is 25.3 Å². The van der Waals surface area contributed by atoms with E-state index >= 15 is 0 Å². The molecule has 0 fully saturated rings. The third kappa shape index (κ3) is 11.9. The largest absolute Gasteiger partial charge is 0.492 e. The van der Waals surface area contributed by atoms with Gasteiger partial charge in [0.25, 0.3) is 0 Å². The van der Waals surface area contributed by atoms with Gasteiger partial charge in [0.1, 0.15) is 29.6 Å². The summed E-state index contributed by atoms with van der Waals surface area (Å²) in [5.41, 5.74) is 2.11. The van der Waals surface area contributed by atoms with Crippen LogP contribution in [0.5, 0.6) is 23.0 Å². The van der Waals surface area contributed by atoms with Crippen molar-refractivity contribution in [2.45, 2.75) is 31.6 Å². The first-order chi connectivity index (χ1) is 22.0. The molecular formula is C36H39NO7S. The van der Waals surface area contributed by atoms with Crippen LogP contribution in [0.15, 0.2) is 109 Å². The average molecular weight is 630 g/mol. The molecule has 0 heterocycles. The van der Waals surface area contributed by atoms with Gasteiger partial charge in [-0.1, -0.05) is 60.7 Å². The summed E-state index contributed by atoms with van der Waals surface area (Å²) in [4.78, 5) is 26.3. The van der Waals surface area contributed by atoms with Gasteiger partial charge in [-0.05, 0) is 78.8 Å². The highest BCUT2D eigenvalue weighted by molar-refractivity contribution is 7.98. The second-order valence-corrected chi connectivity index (χ2v) is 11.2. The van der Waals surface area contributed by atoms with Crippen LogP contribution in [0.2, 0.25) is 0 Å². The normalized spacial score (nSPS) is 11.4. The lowest BCUT2D eigenvalue weighted by molar-refractivity contribution is -0.149. The number of carboxylic acid groups (broad SMARTS) is 1. The Hall–Kier alpha value is -4.47. The average Bonchev–Trinajstić information content (AvgIpc) is 3.06. The second kappa shape index (κ2) is 18.4. The lowest BCUT2D eigenvalue weighted by atomic mass is 10.1. The fraction of sp³-hybridized carbons (Fsp3) is 0.278. The highest BCUT2D eigenvalue weighted by Crippen LogP contribution is 2.24. The summed E-state index contributed by atoms with van der Waals surface area (Å²) in [5.74, 6) is 3.24. The minimum Gasteiger partial charge on any atom is -0.492 e. The van der Waals surface area contributed by atoms with Crippen molar-refractivity contribution in [3.8, 4) is 23.0 Å². The molecular weight excluding hydrogens is 590 g/mol. The molecule has 0 aliphatic carbocycles. The number of ether oxygens (including phenoxy) is 4. The van der Waals surface area contributed by atoms with E-state index in [1.807, 2.05) is 72.4 Å². The van der Waals surface area contributed by atoms with Crippen molar-refractivity contribution in [2.24, 2.45) is 0 Å². The summed E-state index contributed by atoms with van der Waals surface area (Å²) in [6, 6.07) is 34.0. The molecule has 0 radical (unpaired) electrons. The molecule has 4 aromatic carbocycles. The molecule has 0 saturated heterocycles. The number of amides is 1. The fourth-order valence-electron chi connectivity index (χ4n) is 4.41. The second-order valence-electron chi connectivity index (χ2n) is 10.1. The van der Waals surface area contributed by atoms with Crippen molar-refractivity contribution in [1.82, 2.24) is 4.90 Å². The Morgan fingerprint density at radius 3 is 2.04 bits per heavy atom. The summed E-state index contributed by atoms with van der Waals surface area (Å²) in [5, 5.41) is 9.34. The van der Waals surface area contributed by atoms with E-state index in [2.05, 4.69) is 12.1 Å². The van der Waals surface area contributed by atoms with E-state index in [9.17, 15) is 14.7 Å². The molecule has 0 aliphatic rings. The first-order valence-corrected chi connectivity index (χ1v) is 16.1. The fourth-order valence-corrected chi connectivity index (χ4v) is 5.32. The number of aliphatic carboxylic acids is 1. The molecule has 0 saturated carbocycles. The number of nitrogens with zero attached hydrogens (tertiary/aromatic N) is 1. The minimum atomic E-state index is -0.987. The Balaban J connectivity index is 1.30. The van der Waals surface area contributed by atoms with E-state index < -0.39 is 18.2 Å². The summed E-state index contributed by atoms with van der Waals surface area (Å²) in [6.45, 7) is 3.23. The molecule has 8 nitrogen and oxygen atoms in total. The van der Waals surface area contributed by atoms with Crippen LogP contribution in [0, 0.1) is 0 Å². The summed E-state index contributed by atoms with van der Waals surface area (Å²) >= 11 is 1.83. The van der Waals surface area contributed by atoms with Crippen LogP contribution in [-0.4, -0.2) is 60.2 Å². The smallest absolute Gasteiger partial charge is 0.415 e. The van der Waals surface area contributed by atoms with Crippen LogP contribution in [0.25, 0.3) is 0 Å². The van der Waals surface area contributed by atoms with E-state index in [4.69, 9.17) is 18.9 Å². The van der Waals surface area contributed by atoms with E-state index in [-0.39, 0.29) is 13.0 Å². The van der Waals surface area contributed by atoms with Crippen molar-refractivity contribution in [1.29, 1.82) is 0 Å². The zero-order chi connectivity index (χ0) is 31.7. The summed E-state index contributed by atoms with van der Waals surface area (Å²) in [6.07, 6.45) is -0.269. The monoisotopic (exact) mass is 629 g/mol. The number of carbonyl (C=O) groups excluding carboxylic acids is 1. The Labute approximate surface area is 268 Å². The van der Waals surface area contributed by atoms with E-state index in [1.54, 1.807) is 48.2 Å². The number of para-hydroxylation sites is 1. The van der Waals surface area contributed by atoms with Crippen molar-refractivity contribution < 1.29 is 33.6 Å². The Morgan fingerprint density at radius 1 is 0.756 bits per heavy atom. The van der Waals surface area contributed by atoms with Crippen molar-refractivity contribution >= 4 is 23.8 Å². The quantitative estimate of drug-likeness (QED) is 0.112. The van der Waals surface area contributed by atoms with Crippen molar-refractivity contribution in [3.63, 3.8) is 0 Å². The number of thioether (sulfide) groups is 1. The van der Waals surface area contributed by atoms with Crippen LogP contribution in [0.3, 0.4) is 0 Å². The van der Waals surface area contributed by atoms with Crippen LogP contribution in [-0.2, 0) is 21.7 Å². The topological polar surface area (TPSA) is 94.5 Å². The van der Waals surface area contributed by atoms with Gasteiger partial charge >= 0.3 is 12.1 Å². The summed E-state index contributed by atoms with van der Waals surface area (Å²) in [7, 11) is 0. The molecule has 9 heteroatoms. The van der Waals surface area contributed by atoms with Crippen LogP contribution in [0.1, 0.15) is 24.5 Å². The Kier molecular flexibility index (Phi) is 13.6. The molecule has 1 unspecified atom stereocenters. The van der Waals surface area contributed by atoms with Crippen LogP contribution >= 0.6 is 11.8 Å². The number of carboxylic acids is 1. The zero-order valence-corrected chi connectivity index (χ0v) is 26.2. The number of carbonyl (C=O) groups is 2. The number of hydrogen-bond donors (Lipinski definition) is 1. The molecule has 0 spiro atoms. The zero-order valence-electron chi connectivity index (χ0n) is 25.4. The molecule has 4 rings (SSSR count). The van der Waals surface area contributed by atoms with Crippen molar-refractivity contribution in [3.05, 3.63) is 120 Å². The van der Waals surface area contributed by atoms with Crippen LogP contribution in [0.4, 0.5) is 4.79 Å². The third-order valence-corrected chi connectivity index (χ3v) is 7.83.